The van der Waals surface area contributed by atoms with E-state index in [4.69, 9.17) is 0 Å². The van der Waals surface area contributed by atoms with Crippen molar-refractivity contribution >= 4 is 15.6 Å². The zero-order valence-electron chi connectivity index (χ0n) is 9.87. The summed E-state index contributed by atoms with van der Waals surface area (Å²) in [5.41, 5.74) is 0. The van der Waals surface area contributed by atoms with Crippen LogP contribution in [0, 0.1) is 0 Å². The fourth-order valence-electron chi connectivity index (χ4n) is 0.467. The van der Waals surface area contributed by atoms with Crippen molar-refractivity contribution in [1.82, 2.24) is 0 Å². The summed E-state index contributed by atoms with van der Waals surface area (Å²) >= 11 is 0. The smallest absolute Gasteiger partial charge is 0.790 e. The molecule has 0 aromatic carbocycles. The molecule has 0 saturated carbocycles. The molecule has 0 aliphatic heterocycles. The van der Waals surface area contributed by atoms with Gasteiger partial charge in [0.15, 0.2) is 0 Å². The Morgan fingerprint density at radius 1 is 1.06 bits per heavy atom. The molecule has 0 aliphatic carbocycles. The van der Waals surface area contributed by atoms with Crippen LogP contribution in [0.3, 0.4) is 0 Å². The van der Waals surface area contributed by atoms with E-state index in [2.05, 4.69) is 8.83 Å². The maximum atomic E-state index is 10.5. The van der Waals surface area contributed by atoms with Gasteiger partial charge in [-0.05, 0) is 6.42 Å². The molecule has 0 aliphatic rings. The van der Waals surface area contributed by atoms with Gasteiger partial charge in [0.1, 0.15) is 0 Å². The van der Waals surface area contributed by atoms with E-state index >= 15 is 0 Å². The van der Waals surface area contributed by atoms with Gasteiger partial charge in [0.25, 0.3) is 7.82 Å². The summed E-state index contributed by atoms with van der Waals surface area (Å²) in [6, 6.07) is 0. The number of hydrogen-bond acceptors (Lipinski definition) is 7. The first-order valence-corrected chi connectivity index (χ1v) is 6.38. The molecule has 0 heterocycles. The maximum Gasteiger partial charge on any atom is 1.00 e. The van der Waals surface area contributed by atoms with Gasteiger partial charge in [-0.3, -0.25) is 8.88 Å². The Morgan fingerprint density at radius 3 is 1.81 bits per heavy atom. The summed E-state index contributed by atoms with van der Waals surface area (Å²) in [7, 11) is -10.5. The van der Waals surface area contributed by atoms with E-state index in [1.807, 2.05) is 0 Å². The second-order valence-electron chi connectivity index (χ2n) is 2.16. The molecule has 0 amide bonds. The number of phosphoric acid groups is 2. The van der Waals surface area contributed by atoms with Crippen molar-refractivity contribution in [1.29, 1.82) is 0 Å². The molecule has 16 heavy (non-hydrogen) atoms. The molecular weight excluding hydrogens is 291 g/mol. The Hall–Kier alpha value is 3.26. The summed E-state index contributed by atoms with van der Waals surface area (Å²) in [5.74, 6) is 0. The number of rotatable bonds is 6. The third-order valence-electron chi connectivity index (χ3n) is 0.947. The third-order valence-corrected chi connectivity index (χ3v) is 3.05. The largest absolute Gasteiger partial charge is 1.00 e. The first-order chi connectivity index (χ1) is 5.77. The molecule has 0 aromatic heterocycles. The van der Waals surface area contributed by atoms with E-state index in [0.29, 0.717) is 12.8 Å². The van der Waals surface area contributed by atoms with Crippen LogP contribution in [0.2, 0.25) is 0 Å². The van der Waals surface area contributed by atoms with Gasteiger partial charge in [-0.15, -0.1) is 0 Å². The maximum absolute atomic E-state index is 10.5. The second kappa shape index (κ2) is 13.3. The summed E-state index contributed by atoms with van der Waals surface area (Å²) < 4.78 is 27.7. The van der Waals surface area contributed by atoms with Gasteiger partial charge in [0, 0.05) is 0 Å². The Labute approximate surface area is 161 Å². The van der Waals surface area contributed by atoms with Gasteiger partial charge in [-0.1, -0.05) is 13.3 Å². The fourth-order valence-corrected chi connectivity index (χ4v) is 1.99. The van der Waals surface area contributed by atoms with Crippen molar-refractivity contribution in [3.8, 4) is 0 Å². The van der Waals surface area contributed by atoms with Crippen molar-refractivity contribution in [2.45, 2.75) is 19.8 Å². The monoisotopic (exact) mass is 300 g/mol. The van der Waals surface area contributed by atoms with Crippen LogP contribution in [0.5, 0.6) is 0 Å². The molecular formula is C4H9Na3O7P2. The summed E-state index contributed by atoms with van der Waals surface area (Å²) in [6.07, 6.45) is 1.10. The molecule has 0 radical (unpaired) electrons. The van der Waals surface area contributed by atoms with E-state index in [1.54, 1.807) is 6.92 Å². The molecule has 0 N–H and O–H groups in total. The van der Waals surface area contributed by atoms with Crippen LogP contribution in [0.1, 0.15) is 19.8 Å². The van der Waals surface area contributed by atoms with E-state index in [0.717, 1.165) is 0 Å². The molecule has 12 heteroatoms. The number of phosphoric ester groups is 1. The summed E-state index contributed by atoms with van der Waals surface area (Å²) in [6.45, 7) is 1.59. The van der Waals surface area contributed by atoms with Gasteiger partial charge in [0.05, 0.1) is 14.4 Å². The number of unbranched alkanes of at least 4 members (excludes halogenated alkanes) is 1. The van der Waals surface area contributed by atoms with E-state index in [9.17, 15) is 23.8 Å². The molecule has 0 spiro atoms. The minimum atomic E-state index is -5.54. The quantitative estimate of drug-likeness (QED) is 0.271. The Morgan fingerprint density at radius 2 is 1.50 bits per heavy atom. The van der Waals surface area contributed by atoms with Gasteiger partial charge in [0.2, 0.25) is 0 Å². The first-order valence-electron chi connectivity index (χ1n) is 3.46. The van der Waals surface area contributed by atoms with Crippen LogP contribution in [-0.4, -0.2) is 6.61 Å². The summed E-state index contributed by atoms with van der Waals surface area (Å²) in [4.78, 5) is 30.3. The minimum Gasteiger partial charge on any atom is -0.790 e. The SMILES string of the molecule is CCCCOP(=O)([O-])OP(=O)([O-])[O-].[Na+].[Na+].[Na+]. The predicted octanol–water partition coefficient (Wildman–Crippen LogP) is -9.87. The Balaban J connectivity index is -0.000000240. The molecule has 0 saturated heterocycles. The van der Waals surface area contributed by atoms with Crippen LogP contribution >= 0.6 is 15.6 Å². The molecule has 80 valence electrons. The topological polar surface area (TPSA) is 122 Å². The average molecular weight is 300 g/mol. The van der Waals surface area contributed by atoms with E-state index in [1.165, 1.54) is 0 Å². The number of hydrogen-bond donors (Lipinski definition) is 0. The first kappa shape index (κ1) is 27.6. The molecule has 0 bridgehead atoms. The molecule has 1 unspecified atom stereocenters. The van der Waals surface area contributed by atoms with Crippen molar-refractivity contribution < 1.29 is 121 Å². The van der Waals surface area contributed by atoms with Crippen molar-refractivity contribution in [2.24, 2.45) is 0 Å². The van der Waals surface area contributed by atoms with Crippen LogP contribution in [0.25, 0.3) is 0 Å². The zero-order valence-corrected chi connectivity index (χ0v) is 17.7. The zero-order chi connectivity index (χ0) is 10.5. The predicted molar refractivity (Wildman–Crippen MR) is 37.2 cm³/mol. The standard InChI is InChI=1S/C4H12O7P2.3Na/c1-2-3-4-10-13(8,9)11-12(5,6)7;;;/h2-4H2,1H3,(H,8,9)(H2,5,6,7);;;/q;3*+1/p-3. The molecule has 0 fully saturated rings. The van der Waals surface area contributed by atoms with Crippen molar-refractivity contribution in [2.75, 3.05) is 6.61 Å². The normalized spacial score (nSPS) is 13.8. The van der Waals surface area contributed by atoms with Gasteiger partial charge < -0.3 is 23.8 Å². The van der Waals surface area contributed by atoms with Crippen LogP contribution < -0.4 is 103 Å². The van der Waals surface area contributed by atoms with Crippen LogP contribution in [-0.2, 0) is 18.0 Å². The fraction of sp³-hybridized carbons (Fsp3) is 1.00. The van der Waals surface area contributed by atoms with Crippen LogP contribution in [0.15, 0.2) is 0 Å². The van der Waals surface area contributed by atoms with E-state index in [-0.39, 0.29) is 95.3 Å². The van der Waals surface area contributed by atoms with Crippen molar-refractivity contribution in [3.63, 3.8) is 0 Å². The van der Waals surface area contributed by atoms with Crippen LogP contribution in [0.4, 0.5) is 0 Å². The molecule has 7 nitrogen and oxygen atoms in total. The second-order valence-corrected chi connectivity index (χ2v) is 4.86. The van der Waals surface area contributed by atoms with E-state index < -0.39 is 15.6 Å². The van der Waals surface area contributed by atoms with Gasteiger partial charge >= 0.3 is 88.7 Å². The average Bonchev–Trinajstić information content (AvgIpc) is 1.81. The Bertz CT molecular complexity index is 244. The Kier molecular flexibility index (Phi) is 22.8. The molecule has 1 atom stereocenters. The molecule has 0 aromatic rings. The molecule has 0 rings (SSSR count). The summed E-state index contributed by atoms with van der Waals surface area (Å²) in [5, 5.41) is 0. The third kappa shape index (κ3) is 19.6. The minimum absolute atomic E-state index is 0. The van der Waals surface area contributed by atoms with Crippen molar-refractivity contribution in [3.05, 3.63) is 0 Å². The van der Waals surface area contributed by atoms with Gasteiger partial charge in [-0.2, -0.15) is 0 Å². The van der Waals surface area contributed by atoms with Gasteiger partial charge in [-0.25, -0.2) is 0 Å².